The fraction of sp³-hybridized carbons (Fsp3) is 0.103. The lowest BCUT2D eigenvalue weighted by molar-refractivity contribution is -0.117. The molecule has 4 aromatic rings. The average molecular weight is 510 g/mol. The van der Waals surface area contributed by atoms with Crippen LogP contribution in [0, 0.1) is 6.92 Å². The maximum atomic E-state index is 13.4. The highest BCUT2D eigenvalue weighted by Gasteiger charge is 2.45. The summed E-state index contributed by atoms with van der Waals surface area (Å²) in [4.78, 5) is 27.9. The quantitative estimate of drug-likeness (QED) is 0.311. The first kappa shape index (κ1) is 24.1. The Kier molecular flexibility index (Phi) is 6.91. The smallest absolute Gasteiger partial charge is 0.296 e. The summed E-state index contributed by atoms with van der Waals surface area (Å²) in [6.07, 6.45) is 3.02. The predicted molar refractivity (Wildman–Crippen MR) is 142 cm³/mol. The zero-order chi connectivity index (χ0) is 25.8. The van der Waals surface area contributed by atoms with Crippen molar-refractivity contribution in [1.29, 1.82) is 0 Å². The number of aliphatic hydroxyl groups is 1. The number of benzene rings is 3. The number of carbonyl (C=O) groups is 2. The molecule has 2 heterocycles. The van der Waals surface area contributed by atoms with Crippen LogP contribution in [-0.2, 0) is 16.2 Å². The van der Waals surface area contributed by atoms with Gasteiger partial charge in [0.15, 0.2) is 11.5 Å². The van der Waals surface area contributed by atoms with Crippen molar-refractivity contribution in [2.45, 2.75) is 19.6 Å². The maximum absolute atomic E-state index is 13.4. The van der Waals surface area contributed by atoms with Crippen LogP contribution >= 0.6 is 11.3 Å². The minimum atomic E-state index is -0.895. The molecule has 1 unspecified atom stereocenters. The molecule has 184 valence electrons. The first-order chi connectivity index (χ1) is 18.0. The Morgan fingerprint density at radius 1 is 1.03 bits per heavy atom. The number of ketones is 1. The molecule has 0 radical (unpaired) electrons. The average Bonchev–Trinajstić information content (AvgIpc) is 3.47. The van der Waals surface area contributed by atoms with Crippen molar-refractivity contribution >= 4 is 34.2 Å². The highest BCUT2D eigenvalue weighted by atomic mass is 32.1. The van der Waals surface area contributed by atoms with E-state index >= 15 is 0 Å². The van der Waals surface area contributed by atoms with E-state index in [0.717, 1.165) is 11.1 Å². The van der Waals surface area contributed by atoms with Gasteiger partial charge in [-0.3, -0.25) is 14.5 Å². The first-order valence-electron chi connectivity index (χ1n) is 11.6. The monoisotopic (exact) mass is 509 g/mol. The lowest BCUT2D eigenvalue weighted by atomic mass is 9.95. The number of allylic oxidation sites excluding steroid dienone is 1. The van der Waals surface area contributed by atoms with Gasteiger partial charge in [0, 0.05) is 0 Å². The molecule has 1 atom stereocenters. The molecule has 1 amide bonds. The predicted octanol–water partition coefficient (Wildman–Crippen LogP) is 5.61. The summed E-state index contributed by atoms with van der Waals surface area (Å²) in [5.41, 5.74) is 2.41. The number of aromatic nitrogens is 2. The highest BCUT2D eigenvalue weighted by Crippen LogP contribution is 2.42. The van der Waals surface area contributed by atoms with Gasteiger partial charge >= 0.3 is 0 Å². The van der Waals surface area contributed by atoms with Gasteiger partial charge in [0.25, 0.3) is 5.91 Å². The number of nitrogens with zero attached hydrogens (tertiary/aromatic N) is 3. The zero-order valence-electron chi connectivity index (χ0n) is 19.9. The van der Waals surface area contributed by atoms with Crippen LogP contribution in [0.4, 0.5) is 5.13 Å². The van der Waals surface area contributed by atoms with Crippen LogP contribution in [0.2, 0.25) is 0 Å². The zero-order valence-corrected chi connectivity index (χ0v) is 20.8. The minimum absolute atomic E-state index is 0.0229. The van der Waals surface area contributed by atoms with Crippen LogP contribution in [0.25, 0.3) is 6.08 Å². The fourth-order valence-corrected chi connectivity index (χ4v) is 4.81. The van der Waals surface area contributed by atoms with Gasteiger partial charge in [-0.1, -0.05) is 90.2 Å². The van der Waals surface area contributed by atoms with Gasteiger partial charge in [-0.2, -0.15) is 0 Å². The molecule has 0 aliphatic carbocycles. The van der Waals surface area contributed by atoms with Crippen molar-refractivity contribution in [2.24, 2.45) is 0 Å². The van der Waals surface area contributed by atoms with E-state index in [1.54, 1.807) is 31.2 Å². The Hall–Kier alpha value is -4.56. The van der Waals surface area contributed by atoms with Crippen molar-refractivity contribution in [1.82, 2.24) is 10.2 Å². The third-order valence-electron chi connectivity index (χ3n) is 5.84. The van der Waals surface area contributed by atoms with E-state index in [9.17, 15) is 14.7 Å². The van der Waals surface area contributed by atoms with Crippen molar-refractivity contribution in [2.75, 3.05) is 4.90 Å². The number of rotatable bonds is 8. The molecule has 0 spiro atoms. The van der Waals surface area contributed by atoms with E-state index < -0.39 is 23.5 Å². The Morgan fingerprint density at radius 3 is 2.46 bits per heavy atom. The number of hydrogen-bond donors (Lipinski definition) is 1. The number of hydrogen-bond acceptors (Lipinski definition) is 7. The summed E-state index contributed by atoms with van der Waals surface area (Å²) < 4.78 is 5.99. The van der Waals surface area contributed by atoms with Crippen LogP contribution in [-0.4, -0.2) is 27.0 Å². The topological polar surface area (TPSA) is 92.6 Å². The molecule has 8 heteroatoms. The largest absolute Gasteiger partial charge is 0.503 e. The van der Waals surface area contributed by atoms with Gasteiger partial charge < -0.3 is 9.84 Å². The number of anilines is 1. The van der Waals surface area contributed by atoms with Crippen molar-refractivity contribution in [3.05, 3.63) is 124 Å². The first-order valence-corrected chi connectivity index (χ1v) is 12.4. The number of aliphatic hydroxyl groups excluding tert-OH is 1. The Morgan fingerprint density at radius 2 is 1.76 bits per heavy atom. The summed E-state index contributed by atoms with van der Waals surface area (Å²) in [5.74, 6) is -1.20. The van der Waals surface area contributed by atoms with Gasteiger partial charge in [0.05, 0.1) is 11.6 Å². The second-order valence-corrected chi connectivity index (χ2v) is 9.56. The lowest BCUT2D eigenvalue weighted by Crippen LogP contribution is -2.30. The third-order valence-corrected chi connectivity index (χ3v) is 6.68. The van der Waals surface area contributed by atoms with Crippen LogP contribution in [0.5, 0.6) is 5.75 Å². The highest BCUT2D eigenvalue weighted by molar-refractivity contribution is 7.15. The molecule has 0 fully saturated rings. The molecular weight excluding hydrogens is 486 g/mol. The molecule has 0 saturated heterocycles. The minimum Gasteiger partial charge on any atom is -0.503 e. The molecule has 37 heavy (non-hydrogen) atoms. The second kappa shape index (κ2) is 10.6. The van der Waals surface area contributed by atoms with Crippen LogP contribution < -0.4 is 9.64 Å². The van der Waals surface area contributed by atoms with Crippen LogP contribution in [0.1, 0.15) is 27.7 Å². The van der Waals surface area contributed by atoms with Gasteiger partial charge in [0.1, 0.15) is 17.4 Å². The number of ether oxygens (including phenoxy) is 1. The third kappa shape index (κ3) is 5.19. The fourth-order valence-electron chi connectivity index (χ4n) is 4.09. The van der Waals surface area contributed by atoms with Gasteiger partial charge in [-0.15, -0.1) is 10.2 Å². The van der Waals surface area contributed by atoms with E-state index in [-0.39, 0.29) is 5.57 Å². The maximum Gasteiger partial charge on any atom is 0.296 e. The van der Waals surface area contributed by atoms with Crippen molar-refractivity contribution in [3.63, 3.8) is 0 Å². The molecule has 1 N–H and O–H groups in total. The van der Waals surface area contributed by atoms with Crippen LogP contribution in [0.15, 0.2) is 102 Å². The van der Waals surface area contributed by atoms with E-state index in [0.29, 0.717) is 28.1 Å². The molecule has 1 aliphatic rings. The Labute approximate surface area is 218 Å². The van der Waals surface area contributed by atoms with E-state index in [2.05, 4.69) is 10.2 Å². The summed E-state index contributed by atoms with van der Waals surface area (Å²) >= 11 is 1.21. The summed E-state index contributed by atoms with van der Waals surface area (Å²) in [7, 11) is 0. The molecule has 3 aromatic carbocycles. The van der Waals surface area contributed by atoms with Crippen molar-refractivity contribution < 1.29 is 19.4 Å². The molecule has 0 bridgehead atoms. The summed E-state index contributed by atoms with van der Waals surface area (Å²) in [5, 5.41) is 20.0. The second-order valence-electron chi connectivity index (χ2n) is 8.40. The van der Waals surface area contributed by atoms with Crippen LogP contribution in [0.3, 0.4) is 0 Å². The number of carbonyl (C=O) groups excluding carboxylic acids is 2. The van der Waals surface area contributed by atoms with Gasteiger partial charge in [0.2, 0.25) is 5.13 Å². The number of amides is 1. The lowest BCUT2D eigenvalue weighted by Gasteiger charge is -2.24. The molecular formula is C29H23N3O4S. The normalized spacial score (nSPS) is 15.5. The Bertz CT molecular complexity index is 1500. The molecule has 5 rings (SSSR count). The standard InChI is InChI=1S/C29H23N3O4S/c1-19-30-31-29(37-19)32-26(22-13-8-14-23(17-22)36-18-21-11-6-3-7-12-21)25(27(34)28(32)35)24(33)16-15-20-9-4-2-5-10-20/h2-17,26,34H,18H2,1H3. The number of aryl methyl sites for hydroxylation is 1. The molecule has 7 nitrogen and oxygen atoms in total. The summed E-state index contributed by atoms with van der Waals surface area (Å²) in [6, 6.07) is 25.4. The molecule has 1 aromatic heterocycles. The van der Waals surface area contributed by atoms with E-state index in [1.165, 1.54) is 22.3 Å². The molecule has 0 saturated carbocycles. The summed E-state index contributed by atoms with van der Waals surface area (Å²) in [6.45, 7) is 2.14. The van der Waals surface area contributed by atoms with E-state index in [1.807, 2.05) is 66.7 Å². The van der Waals surface area contributed by atoms with E-state index in [4.69, 9.17) is 4.74 Å². The van der Waals surface area contributed by atoms with Gasteiger partial charge in [-0.05, 0) is 41.8 Å². The Balaban J connectivity index is 1.51. The molecule has 1 aliphatic heterocycles. The van der Waals surface area contributed by atoms with Gasteiger partial charge in [-0.25, -0.2) is 0 Å². The SMILES string of the molecule is Cc1nnc(N2C(=O)C(O)=C(C(=O)C=Cc3ccccc3)C2c2cccc(OCc3ccccc3)c2)s1. The van der Waals surface area contributed by atoms with Crippen molar-refractivity contribution in [3.8, 4) is 5.75 Å².